The van der Waals surface area contributed by atoms with Gasteiger partial charge in [-0.1, -0.05) is 46.3 Å². The molecule has 0 amide bonds. The van der Waals surface area contributed by atoms with Crippen molar-refractivity contribution in [2.45, 2.75) is 25.8 Å². The molecule has 2 rings (SSSR count). The van der Waals surface area contributed by atoms with Gasteiger partial charge in [0.1, 0.15) is 5.82 Å². The Hall–Kier alpha value is -1.46. The van der Waals surface area contributed by atoms with Gasteiger partial charge in [-0.25, -0.2) is 4.39 Å². The van der Waals surface area contributed by atoms with Gasteiger partial charge in [-0.05, 0) is 55.7 Å². The number of halogens is 2. The predicted octanol–water partition coefficient (Wildman–Crippen LogP) is 4.90. The Labute approximate surface area is 144 Å². The molecule has 0 aromatic heterocycles. The highest BCUT2D eigenvalue weighted by molar-refractivity contribution is 9.10. The minimum absolute atomic E-state index is 0.207. The number of benzene rings is 2. The maximum absolute atomic E-state index is 13.7. The summed E-state index contributed by atoms with van der Waals surface area (Å²) >= 11 is 8.46. The van der Waals surface area contributed by atoms with E-state index in [1.807, 2.05) is 18.2 Å². The van der Waals surface area contributed by atoms with E-state index in [9.17, 15) is 4.39 Å². The van der Waals surface area contributed by atoms with E-state index in [4.69, 9.17) is 12.2 Å². The smallest absolute Gasteiger partial charge is 0.171 e. The van der Waals surface area contributed by atoms with Gasteiger partial charge in [0.25, 0.3) is 0 Å². The van der Waals surface area contributed by atoms with Gasteiger partial charge in [0.2, 0.25) is 0 Å². The van der Waals surface area contributed by atoms with Crippen LogP contribution in [0.15, 0.2) is 53.0 Å². The van der Waals surface area contributed by atoms with Crippen molar-refractivity contribution < 1.29 is 4.39 Å². The van der Waals surface area contributed by atoms with Gasteiger partial charge in [-0.2, -0.15) is 0 Å². The molecule has 0 fully saturated rings. The zero-order valence-electron chi connectivity index (χ0n) is 12.3. The Kier molecular flexibility index (Phi) is 6.34. The molecule has 0 bridgehead atoms. The van der Waals surface area contributed by atoms with Gasteiger partial charge in [0, 0.05) is 10.5 Å². The lowest BCUT2D eigenvalue weighted by Gasteiger charge is -2.17. The molecule has 2 nitrogen and oxygen atoms in total. The number of thiocarbonyl (C=S) groups is 1. The zero-order valence-corrected chi connectivity index (χ0v) is 14.7. The molecule has 0 aliphatic rings. The third-order valence-electron chi connectivity index (χ3n) is 3.27. The Morgan fingerprint density at radius 2 is 1.95 bits per heavy atom. The molecule has 0 saturated heterocycles. The lowest BCUT2D eigenvalue weighted by Crippen LogP contribution is -2.36. The standard InChI is InChI=1S/C17H18BrFN2S/c1-12(7-8-13-5-3-2-4-6-13)20-17(22)21-16-10-9-14(18)11-15(16)19/h2-6,9-12H,7-8H2,1H3,(H2,20,21,22)/t12-/m1/s1. The molecule has 2 aromatic rings. The Morgan fingerprint density at radius 3 is 2.64 bits per heavy atom. The Balaban J connectivity index is 1.81. The Bertz CT molecular complexity index is 634. The van der Waals surface area contributed by atoms with Crippen molar-refractivity contribution in [3.05, 3.63) is 64.4 Å². The molecular formula is C17H18BrFN2S. The fourth-order valence-electron chi connectivity index (χ4n) is 2.07. The summed E-state index contributed by atoms with van der Waals surface area (Å²) in [4.78, 5) is 0. The van der Waals surface area contributed by atoms with E-state index >= 15 is 0 Å². The summed E-state index contributed by atoms with van der Waals surface area (Å²) in [7, 11) is 0. The molecule has 0 saturated carbocycles. The van der Waals surface area contributed by atoms with E-state index in [0.29, 0.717) is 15.3 Å². The van der Waals surface area contributed by atoms with E-state index < -0.39 is 0 Å². The van der Waals surface area contributed by atoms with Crippen molar-refractivity contribution in [2.75, 3.05) is 5.32 Å². The molecule has 22 heavy (non-hydrogen) atoms. The van der Waals surface area contributed by atoms with E-state index in [1.54, 1.807) is 12.1 Å². The Morgan fingerprint density at radius 1 is 1.23 bits per heavy atom. The van der Waals surface area contributed by atoms with Gasteiger partial charge < -0.3 is 10.6 Å². The molecule has 0 radical (unpaired) electrons. The second kappa shape index (κ2) is 8.25. The number of rotatable bonds is 5. The first-order valence-electron chi connectivity index (χ1n) is 7.11. The van der Waals surface area contributed by atoms with Crippen molar-refractivity contribution in [3.8, 4) is 0 Å². The minimum atomic E-state index is -0.338. The predicted molar refractivity (Wildman–Crippen MR) is 97.7 cm³/mol. The highest BCUT2D eigenvalue weighted by atomic mass is 79.9. The minimum Gasteiger partial charge on any atom is -0.360 e. The molecule has 0 heterocycles. The van der Waals surface area contributed by atoms with Crippen molar-refractivity contribution in [1.29, 1.82) is 0 Å². The summed E-state index contributed by atoms with van der Waals surface area (Å²) in [5.41, 5.74) is 1.67. The van der Waals surface area contributed by atoms with Crippen molar-refractivity contribution in [3.63, 3.8) is 0 Å². The number of aryl methyl sites for hydroxylation is 1. The molecular weight excluding hydrogens is 363 g/mol. The maximum Gasteiger partial charge on any atom is 0.171 e. The largest absolute Gasteiger partial charge is 0.360 e. The number of hydrogen-bond donors (Lipinski definition) is 2. The van der Waals surface area contributed by atoms with Crippen LogP contribution >= 0.6 is 28.1 Å². The molecule has 116 valence electrons. The molecule has 0 aliphatic carbocycles. The number of hydrogen-bond acceptors (Lipinski definition) is 1. The molecule has 1 atom stereocenters. The topological polar surface area (TPSA) is 24.1 Å². The highest BCUT2D eigenvalue weighted by Gasteiger charge is 2.08. The van der Waals surface area contributed by atoms with Crippen LogP contribution in [0.25, 0.3) is 0 Å². The summed E-state index contributed by atoms with van der Waals surface area (Å²) in [5.74, 6) is -0.338. The second-order valence-corrected chi connectivity index (χ2v) is 6.47. The first-order chi connectivity index (χ1) is 10.5. The van der Waals surface area contributed by atoms with E-state index in [0.717, 1.165) is 12.8 Å². The van der Waals surface area contributed by atoms with Crippen molar-refractivity contribution in [2.24, 2.45) is 0 Å². The van der Waals surface area contributed by atoms with Crippen molar-refractivity contribution >= 4 is 38.9 Å². The number of nitrogens with one attached hydrogen (secondary N) is 2. The fraction of sp³-hybridized carbons (Fsp3) is 0.235. The molecule has 5 heteroatoms. The number of anilines is 1. The van der Waals surface area contributed by atoms with Crippen LogP contribution in [-0.4, -0.2) is 11.2 Å². The molecule has 0 aliphatic heterocycles. The van der Waals surface area contributed by atoms with Gasteiger partial charge in [0.15, 0.2) is 5.11 Å². The highest BCUT2D eigenvalue weighted by Crippen LogP contribution is 2.19. The van der Waals surface area contributed by atoms with Gasteiger partial charge in [0.05, 0.1) is 5.69 Å². The van der Waals surface area contributed by atoms with Crippen LogP contribution in [-0.2, 0) is 6.42 Å². The van der Waals surface area contributed by atoms with Gasteiger partial charge in [-0.15, -0.1) is 0 Å². The third kappa shape index (κ3) is 5.39. The SMILES string of the molecule is C[C@H](CCc1ccccc1)NC(=S)Nc1ccc(Br)cc1F. The quantitative estimate of drug-likeness (QED) is 0.721. The van der Waals surface area contributed by atoms with E-state index in [2.05, 4.69) is 45.6 Å². The summed E-state index contributed by atoms with van der Waals surface area (Å²) in [6.07, 6.45) is 1.93. The summed E-state index contributed by atoms with van der Waals surface area (Å²) in [6, 6.07) is 15.3. The van der Waals surface area contributed by atoms with Crippen LogP contribution in [0, 0.1) is 5.82 Å². The van der Waals surface area contributed by atoms with E-state index in [1.165, 1.54) is 11.6 Å². The second-order valence-electron chi connectivity index (χ2n) is 5.15. The monoisotopic (exact) mass is 380 g/mol. The molecule has 2 N–H and O–H groups in total. The van der Waals surface area contributed by atoms with Crippen LogP contribution in [0.3, 0.4) is 0 Å². The molecule has 0 spiro atoms. The lowest BCUT2D eigenvalue weighted by atomic mass is 10.1. The molecule has 0 unspecified atom stereocenters. The van der Waals surface area contributed by atoms with Crippen LogP contribution in [0.5, 0.6) is 0 Å². The average molecular weight is 381 g/mol. The van der Waals surface area contributed by atoms with Gasteiger partial charge in [-0.3, -0.25) is 0 Å². The zero-order chi connectivity index (χ0) is 15.9. The third-order valence-corrected chi connectivity index (χ3v) is 3.98. The van der Waals surface area contributed by atoms with Gasteiger partial charge >= 0.3 is 0 Å². The van der Waals surface area contributed by atoms with E-state index in [-0.39, 0.29) is 11.9 Å². The lowest BCUT2D eigenvalue weighted by molar-refractivity contribution is 0.608. The average Bonchev–Trinajstić information content (AvgIpc) is 2.49. The normalized spacial score (nSPS) is 11.8. The first-order valence-corrected chi connectivity index (χ1v) is 8.31. The van der Waals surface area contributed by atoms with Crippen LogP contribution in [0.4, 0.5) is 10.1 Å². The summed E-state index contributed by atoms with van der Waals surface area (Å²) in [6.45, 7) is 2.06. The maximum atomic E-state index is 13.7. The van der Waals surface area contributed by atoms with Crippen LogP contribution in [0.2, 0.25) is 0 Å². The van der Waals surface area contributed by atoms with Crippen LogP contribution in [0.1, 0.15) is 18.9 Å². The molecule has 2 aromatic carbocycles. The van der Waals surface area contributed by atoms with Crippen LogP contribution < -0.4 is 10.6 Å². The fourth-order valence-corrected chi connectivity index (χ4v) is 2.72. The summed E-state index contributed by atoms with van der Waals surface area (Å²) < 4.78 is 14.4. The van der Waals surface area contributed by atoms with Crippen molar-refractivity contribution in [1.82, 2.24) is 5.32 Å². The first kappa shape index (κ1) is 16.9. The summed E-state index contributed by atoms with van der Waals surface area (Å²) in [5, 5.41) is 6.51.